The summed E-state index contributed by atoms with van der Waals surface area (Å²) in [5.41, 5.74) is 0.976. The van der Waals surface area contributed by atoms with Crippen molar-refractivity contribution >= 4 is 28.3 Å². The molecular formula is C21H23N3O3S. The number of aromatic nitrogens is 2. The summed E-state index contributed by atoms with van der Waals surface area (Å²) in [7, 11) is 0. The number of carbonyl (C=O) groups is 1. The third-order valence-corrected chi connectivity index (χ3v) is 5.80. The number of hydrogen-bond acceptors (Lipinski definition) is 6. The van der Waals surface area contributed by atoms with Gasteiger partial charge in [-0.05, 0) is 49.4 Å². The van der Waals surface area contributed by atoms with E-state index >= 15 is 0 Å². The maximum atomic E-state index is 12.2. The number of amides is 1. The fourth-order valence-corrected chi connectivity index (χ4v) is 3.96. The van der Waals surface area contributed by atoms with Crippen LogP contribution < -0.4 is 4.74 Å². The Kier molecular flexibility index (Phi) is 6.01. The van der Waals surface area contributed by atoms with E-state index in [-0.39, 0.29) is 12.7 Å². The van der Waals surface area contributed by atoms with Crippen LogP contribution in [-0.2, 0) is 11.3 Å². The van der Waals surface area contributed by atoms with Crippen LogP contribution in [-0.4, -0.2) is 40.7 Å². The molecule has 0 spiro atoms. The smallest absolute Gasteiger partial charge is 0.410 e. The lowest BCUT2D eigenvalue weighted by molar-refractivity contribution is 0.0799. The minimum atomic E-state index is -0.241. The van der Waals surface area contributed by atoms with Gasteiger partial charge in [0, 0.05) is 36.2 Å². The second kappa shape index (κ2) is 9.01. The summed E-state index contributed by atoms with van der Waals surface area (Å²) in [6.07, 6.45) is 6.23. The molecule has 4 rings (SSSR count). The number of pyridine rings is 1. The standard InChI is InChI=1S/C21H23N3O3S/c25-21(27-15-20-23-9-13-28-20)24-10-5-16(6-11-24)7-12-26-18-3-4-19-17(14-18)2-1-8-22-19/h1-4,8-9,13-14,16H,5-7,10-12,15H2. The van der Waals surface area contributed by atoms with Crippen molar-refractivity contribution < 1.29 is 14.3 Å². The first-order chi connectivity index (χ1) is 13.8. The van der Waals surface area contributed by atoms with Crippen molar-refractivity contribution in [2.45, 2.75) is 25.9 Å². The topological polar surface area (TPSA) is 64.5 Å². The van der Waals surface area contributed by atoms with E-state index in [1.54, 1.807) is 17.3 Å². The Hall–Kier alpha value is -2.67. The number of thiazole rings is 1. The molecule has 0 atom stereocenters. The Bertz CT molecular complexity index is 908. The molecule has 6 nitrogen and oxygen atoms in total. The average Bonchev–Trinajstić information content (AvgIpc) is 3.26. The van der Waals surface area contributed by atoms with Crippen LogP contribution in [0.5, 0.6) is 5.75 Å². The average molecular weight is 398 g/mol. The van der Waals surface area contributed by atoms with Crippen LogP contribution in [0.3, 0.4) is 0 Å². The molecule has 2 aromatic heterocycles. The van der Waals surface area contributed by atoms with E-state index in [0.29, 0.717) is 12.5 Å². The predicted molar refractivity (Wildman–Crippen MR) is 108 cm³/mol. The molecule has 146 valence electrons. The Morgan fingerprint density at radius 1 is 1.18 bits per heavy atom. The summed E-state index contributed by atoms with van der Waals surface area (Å²) in [5, 5.41) is 3.79. The highest BCUT2D eigenvalue weighted by atomic mass is 32.1. The van der Waals surface area contributed by atoms with E-state index in [0.717, 1.165) is 54.0 Å². The van der Waals surface area contributed by atoms with Crippen LogP contribution in [0, 0.1) is 5.92 Å². The molecule has 1 fully saturated rings. The van der Waals surface area contributed by atoms with Gasteiger partial charge in [-0.2, -0.15) is 0 Å². The lowest BCUT2D eigenvalue weighted by Gasteiger charge is -2.31. The van der Waals surface area contributed by atoms with E-state index in [1.807, 2.05) is 35.7 Å². The minimum absolute atomic E-state index is 0.241. The summed E-state index contributed by atoms with van der Waals surface area (Å²) in [6, 6.07) is 9.96. The Balaban J connectivity index is 1.17. The molecule has 0 unspecified atom stereocenters. The maximum absolute atomic E-state index is 12.2. The molecule has 0 aliphatic carbocycles. The number of nitrogens with zero attached hydrogens (tertiary/aromatic N) is 3. The van der Waals surface area contributed by atoms with Crippen LogP contribution in [0.25, 0.3) is 10.9 Å². The fraction of sp³-hybridized carbons (Fsp3) is 0.381. The second-order valence-electron chi connectivity index (χ2n) is 6.91. The van der Waals surface area contributed by atoms with E-state index in [9.17, 15) is 4.79 Å². The molecule has 1 aliphatic heterocycles. The van der Waals surface area contributed by atoms with Gasteiger partial charge < -0.3 is 14.4 Å². The second-order valence-corrected chi connectivity index (χ2v) is 7.89. The predicted octanol–water partition coefficient (Wildman–Crippen LogP) is 4.51. The van der Waals surface area contributed by atoms with Gasteiger partial charge >= 0.3 is 6.09 Å². The zero-order valence-electron chi connectivity index (χ0n) is 15.6. The molecule has 0 saturated carbocycles. The monoisotopic (exact) mass is 397 g/mol. The zero-order valence-corrected chi connectivity index (χ0v) is 16.4. The maximum Gasteiger partial charge on any atom is 0.410 e. The quantitative estimate of drug-likeness (QED) is 0.612. The molecule has 1 aromatic carbocycles. The van der Waals surface area contributed by atoms with Crippen molar-refractivity contribution in [3.05, 3.63) is 53.1 Å². The number of hydrogen-bond donors (Lipinski definition) is 0. The summed E-state index contributed by atoms with van der Waals surface area (Å²) in [5.74, 6) is 1.45. The highest BCUT2D eigenvalue weighted by Crippen LogP contribution is 2.23. The van der Waals surface area contributed by atoms with Crippen molar-refractivity contribution in [2.24, 2.45) is 5.92 Å². The SMILES string of the molecule is O=C(OCc1nccs1)N1CCC(CCOc2ccc3ncccc3c2)CC1. The fourth-order valence-electron chi connectivity index (χ4n) is 3.43. The number of likely N-dealkylation sites (tertiary alicyclic amines) is 1. The molecule has 0 radical (unpaired) electrons. The van der Waals surface area contributed by atoms with Crippen LogP contribution >= 0.6 is 11.3 Å². The molecular weight excluding hydrogens is 374 g/mol. The van der Waals surface area contributed by atoms with Gasteiger partial charge in [0.25, 0.3) is 0 Å². The number of piperidine rings is 1. The molecule has 0 N–H and O–H groups in total. The van der Waals surface area contributed by atoms with Gasteiger partial charge in [0.15, 0.2) is 0 Å². The highest BCUT2D eigenvalue weighted by Gasteiger charge is 2.23. The van der Waals surface area contributed by atoms with Gasteiger partial charge in [-0.3, -0.25) is 4.98 Å². The van der Waals surface area contributed by atoms with Gasteiger partial charge in [-0.25, -0.2) is 9.78 Å². The molecule has 1 aliphatic rings. The van der Waals surface area contributed by atoms with E-state index in [2.05, 4.69) is 9.97 Å². The van der Waals surface area contributed by atoms with Crippen molar-refractivity contribution in [1.29, 1.82) is 0 Å². The molecule has 0 bridgehead atoms. The third-order valence-electron chi connectivity index (χ3n) is 5.04. The van der Waals surface area contributed by atoms with Gasteiger partial charge in [0.1, 0.15) is 17.4 Å². The number of ether oxygens (including phenoxy) is 2. The third kappa shape index (κ3) is 4.78. The van der Waals surface area contributed by atoms with Crippen LogP contribution in [0.2, 0.25) is 0 Å². The number of carbonyl (C=O) groups excluding carboxylic acids is 1. The van der Waals surface area contributed by atoms with Crippen molar-refractivity contribution in [1.82, 2.24) is 14.9 Å². The highest BCUT2D eigenvalue weighted by molar-refractivity contribution is 7.09. The van der Waals surface area contributed by atoms with Gasteiger partial charge in [-0.1, -0.05) is 6.07 Å². The van der Waals surface area contributed by atoms with E-state index in [1.165, 1.54) is 11.3 Å². The van der Waals surface area contributed by atoms with Crippen LogP contribution in [0.4, 0.5) is 4.79 Å². The molecule has 1 saturated heterocycles. The summed E-state index contributed by atoms with van der Waals surface area (Å²) in [6.45, 7) is 2.42. The number of benzene rings is 1. The van der Waals surface area contributed by atoms with Crippen LogP contribution in [0.15, 0.2) is 48.1 Å². The van der Waals surface area contributed by atoms with E-state index in [4.69, 9.17) is 9.47 Å². The molecule has 1 amide bonds. The Labute approximate surface area is 168 Å². The molecule has 3 aromatic rings. The number of fused-ring (bicyclic) bond motifs is 1. The first-order valence-corrected chi connectivity index (χ1v) is 10.4. The molecule has 3 heterocycles. The molecule has 28 heavy (non-hydrogen) atoms. The Morgan fingerprint density at radius 2 is 2.07 bits per heavy atom. The first-order valence-electron chi connectivity index (χ1n) is 9.55. The van der Waals surface area contributed by atoms with Crippen molar-refractivity contribution in [3.8, 4) is 5.75 Å². The van der Waals surface area contributed by atoms with E-state index < -0.39 is 0 Å². The summed E-state index contributed by atoms with van der Waals surface area (Å²) >= 11 is 1.50. The largest absolute Gasteiger partial charge is 0.494 e. The van der Waals surface area contributed by atoms with Crippen molar-refractivity contribution in [2.75, 3.05) is 19.7 Å². The normalized spacial score (nSPS) is 14.9. The summed E-state index contributed by atoms with van der Waals surface area (Å²) < 4.78 is 11.3. The van der Waals surface area contributed by atoms with Crippen molar-refractivity contribution in [3.63, 3.8) is 0 Å². The van der Waals surface area contributed by atoms with Crippen LogP contribution in [0.1, 0.15) is 24.3 Å². The van der Waals surface area contributed by atoms with Gasteiger partial charge in [-0.15, -0.1) is 11.3 Å². The lowest BCUT2D eigenvalue weighted by atomic mass is 9.94. The van der Waals surface area contributed by atoms with Gasteiger partial charge in [0.05, 0.1) is 12.1 Å². The minimum Gasteiger partial charge on any atom is -0.494 e. The zero-order chi connectivity index (χ0) is 19.2. The van der Waals surface area contributed by atoms with Gasteiger partial charge in [0.2, 0.25) is 0 Å². The first kappa shape index (κ1) is 18.7. The summed E-state index contributed by atoms with van der Waals surface area (Å²) in [4.78, 5) is 22.4. The lowest BCUT2D eigenvalue weighted by Crippen LogP contribution is -2.39. The number of rotatable bonds is 6. The molecule has 7 heteroatoms. The Morgan fingerprint density at radius 3 is 2.89 bits per heavy atom.